The van der Waals surface area contributed by atoms with Gasteiger partial charge in [0.1, 0.15) is 0 Å². The highest BCUT2D eigenvalue weighted by atomic mass is 14.7. The molecule has 0 aromatic carbocycles. The Morgan fingerprint density at radius 1 is 1.17 bits per heavy atom. The lowest BCUT2D eigenvalue weighted by Gasteiger charge is -2.08. The Hall–Kier alpha value is -0.0400. The number of unbranched alkanes of at least 4 members (excludes halogenated alkanes) is 4. The fraction of sp³-hybridized carbons (Fsp3) is 1.00. The molecule has 0 amide bonds. The molecule has 1 rings (SSSR count). The Labute approximate surface area is 76.7 Å². The van der Waals surface area contributed by atoms with E-state index in [9.17, 15) is 0 Å². The molecule has 0 bridgehead atoms. The zero-order valence-corrected chi connectivity index (χ0v) is 8.39. The molecule has 1 saturated carbocycles. The van der Waals surface area contributed by atoms with Gasteiger partial charge in [-0.15, -0.1) is 0 Å². The Morgan fingerprint density at radius 2 is 1.83 bits per heavy atom. The lowest BCUT2D eigenvalue weighted by Crippen LogP contribution is -2.21. The first-order valence-electron chi connectivity index (χ1n) is 5.60. The molecular formula is C11H23N. The molecule has 2 N–H and O–H groups in total. The van der Waals surface area contributed by atoms with E-state index >= 15 is 0 Å². The average Bonchev–Trinajstić information content (AvgIpc) is 2.86. The minimum Gasteiger partial charge on any atom is -0.327 e. The van der Waals surface area contributed by atoms with Crippen LogP contribution in [-0.2, 0) is 0 Å². The molecule has 1 unspecified atom stereocenters. The van der Waals surface area contributed by atoms with Crippen LogP contribution in [0.2, 0.25) is 0 Å². The van der Waals surface area contributed by atoms with Gasteiger partial charge in [0, 0.05) is 6.04 Å². The van der Waals surface area contributed by atoms with Gasteiger partial charge in [-0.2, -0.15) is 0 Å². The highest BCUT2D eigenvalue weighted by molar-refractivity contribution is 4.83. The van der Waals surface area contributed by atoms with Crippen molar-refractivity contribution in [2.75, 3.05) is 0 Å². The van der Waals surface area contributed by atoms with Crippen molar-refractivity contribution in [3.8, 4) is 0 Å². The van der Waals surface area contributed by atoms with E-state index in [0.717, 1.165) is 5.92 Å². The maximum atomic E-state index is 5.99. The largest absolute Gasteiger partial charge is 0.327 e. The van der Waals surface area contributed by atoms with Crippen LogP contribution >= 0.6 is 0 Å². The van der Waals surface area contributed by atoms with Crippen molar-refractivity contribution in [2.45, 2.75) is 64.3 Å². The van der Waals surface area contributed by atoms with Crippen molar-refractivity contribution >= 4 is 0 Å². The molecule has 1 nitrogen and oxygen atoms in total. The third-order valence-corrected chi connectivity index (χ3v) is 2.87. The molecule has 0 heterocycles. The second-order valence-electron chi connectivity index (χ2n) is 4.20. The fourth-order valence-electron chi connectivity index (χ4n) is 1.74. The first-order valence-corrected chi connectivity index (χ1v) is 5.60. The minimum absolute atomic E-state index is 0.534. The lowest BCUT2D eigenvalue weighted by molar-refractivity contribution is 0.502. The summed E-state index contributed by atoms with van der Waals surface area (Å²) in [6.45, 7) is 2.26. The van der Waals surface area contributed by atoms with Gasteiger partial charge in [0.05, 0.1) is 0 Å². The molecular weight excluding hydrogens is 146 g/mol. The lowest BCUT2D eigenvalue weighted by atomic mass is 10.0. The molecule has 0 aliphatic heterocycles. The normalized spacial score (nSPS) is 19.5. The quantitative estimate of drug-likeness (QED) is 0.582. The first kappa shape index (κ1) is 10.0. The Balaban J connectivity index is 1.81. The summed E-state index contributed by atoms with van der Waals surface area (Å²) < 4.78 is 0. The van der Waals surface area contributed by atoms with Gasteiger partial charge in [-0.05, 0) is 25.2 Å². The molecule has 12 heavy (non-hydrogen) atoms. The van der Waals surface area contributed by atoms with Gasteiger partial charge < -0.3 is 5.73 Å². The molecule has 0 radical (unpaired) electrons. The van der Waals surface area contributed by atoms with E-state index in [1.165, 1.54) is 51.4 Å². The van der Waals surface area contributed by atoms with Crippen molar-refractivity contribution in [1.29, 1.82) is 0 Å². The van der Waals surface area contributed by atoms with E-state index in [1.54, 1.807) is 0 Å². The van der Waals surface area contributed by atoms with Crippen LogP contribution in [0.15, 0.2) is 0 Å². The maximum Gasteiger partial charge on any atom is 0.00671 e. The summed E-state index contributed by atoms with van der Waals surface area (Å²) in [5.41, 5.74) is 5.99. The molecule has 1 aliphatic rings. The van der Waals surface area contributed by atoms with Crippen molar-refractivity contribution < 1.29 is 0 Å². The average molecular weight is 169 g/mol. The third kappa shape index (κ3) is 4.10. The summed E-state index contributed by atoms with van der Waals surface area (Å²) in [7, 11) is 0. The first-order chi connectivity index (χ1) is 5.84. The minimum atomic E-state index is 0.534. The Morgan fingerprint density at radius 3 is 2.42 bits per heavy atom. The molecule has 0 spiro atoms. The van der Waals surface area contributed by atoms with Crippen molar-refractivity contribution in [1.82, 2.24) is 0 Å². The zero-order chi connectivity index (χ0) is 8.81. The summed E-state index contributed by atoms with van der Waals surface area (Å²) in [5.74, 6) is 0.899. The summed E-state index contributed by atoms with van der Waals surface area (Å²) in [6.07, 6.45) is 11.0. The summed E-state index contributed by atoms with van der Waals surface area (Å²) in [6, 6.07) is 0.534. The van der Waals surface area contributed by atoms with E-state index in [4.69, 9.17) is 5.73 Å². The van der Waals surface area contributed by atoms with Gasteiger partial charge in [0.25, 0.3) is 0 Å². The van der Waals surface area contributed by atoms with Crippen LogP contribution in [0.4, 0.5) is 0 Å². The molecule has 1 heteroatoms. The van der Waals surface area contributed by atoms with Gasteiger partial charge in [-0.1, -0.05) is 39.0 Å². The molecule has 1 fully saturated rings. The molecule has 0 aromatic heterocycles. The number of rotatable bonds is 7. The number of hydrogen-bond acceptors (Lipinski definition) is 1. The monoisotopic (exact) mass is 169 g/mol. The highest BCUT2D eigenvalue weighted by Crippen LogP contribution is 2.33. The van der Waals surface area contributed by atoms with Crippen molar-refractivity contribution in [3.05, 3.63) is 0 Å². The van der Waals surface area contributed by atoms with Crippen molar-refractivity contribution in [3.63, 3.8) is 0 Å². The van der Waals surface area contributed by atoms with Gasteiger partial charge in [-0.25, -0.2) is 0 Å². The predicted octanol–water partition coefficient (Wildman–Crippen LogP) is 3.08. The van der Waals surface area contributed by atoms with Crippen molar-refractivity contribution in [2.24, 2.45) is 11.7 Å². The van der Waals surface area contributed by atoms with Gasteiger partial charge >= 0.3 is 0 Å². The number of nitrogens with two attached hydrogens (primary N) is 1. The van der Waals surface area contributed by atoms with Gasteiger partial charge in [0.15, 0.2) is 0 Å². The van der Waals surface area contributed by atoms with Crippen LogP contribution in [0.5, 0.6) is 0 Å². The van der Waals surface area contributed by atoms with E-state index in [0.29, 0.717) is 6.04 Å². The van der Waals surface area contributed by atoms with E-state index in [1.807, 2.05) is 0 Å². The molecule has 72 valence electrons. The number of hydrogen-bond donors (Lipinski definition) is 1. The van der Waals surface area contributed by atoms with Crippen LogP contribution in [0, 0.1) is 5.92 Å². The molecule has 1 aliphatic carbocycles. The molecule has 0 aromatic rings. The van der Waals surface area contributed by atoms with E-state index in [-0.39, 0.29) is 0 Å². The second-order valence-corrected chi connectivity index (χ2v) is 4.20. The summed E-state index contributed by atoms with van der Waals surface area (Å²) in [4.78, 5) is 0. The molecule has 1 atom stereocenters. The van der Waals surface area contributed by atoms with Crippen LogP contribution in [0.25, 0.3) is 0 Å². The third-order valence-electron chi connectivity index (χ3n) is 2.87. The predicted molar refractivity (Wildman–Crippen MR) is 54.1 cm³/mol. The maximum absolute atomic E-state index is 5.99. The van der Waals surface area contributed by atoms with Crippen LogP contribution in [-0.4, -0.2) is 6.04 Å². The highest BCUT2D eigenvalue weighted by Gasteiger charge is 2.27. The summed E-state index contributed by atoms with van der Waals surface area (Å²) in [5, 5.41) is 0. The van der Waals surface area contributed by atoms with Gasteiger partial charge in [0.2, 0.25) is 0 Å². The van der Waals surface area contributed by atoms with E-state index in [2.05, 4.69) is 6.92 Å². The van der Waals surface area contributed by atoms with Crippen LogP contribution < -0.4 is 5.73 Å². The SMILES string of the molecule is CCCCCCCC(N)C1CC1. The topological polar surface area (TPSA) is 26.0 Å². The second kappa shape index (κ2) is 5.58. The Kier molecular flexibility index (Phi) is 4.67. The van der Waals surface area contributed by atoms with E-state index < -0.39 is 0 Å². The Bertz CT molecular complexity index is 108. The smallest absolute Gasteiger partial charge is 0.00671 e. The fourth-order valence-corrected chi connectivity index (χ4v) is 1.74. The van der Waals surface area contributed by atoms with Crippen LogP contribution in [0.1, 0.15) is 58.3 Å². The molecule has 0 saturated heterocycles. The zero-order valence-electron chi connectivity index (χ0n) is 8.39. The summed E-state index contributed by atoms with van der Waals surface area (Å²) >= 11 is 0. The van der Waals surface area contributed by atoms with Crippen LogP contribution in [0.3, 0.4) is 0 Å². The van der Waals surface area contributed by atoms with Gasteiger partial charge in [-0.3, -0.25) is 0 Å². The standard InChI is InChI=1S/C11H23N/c1-2-3-4-5-6-7-11(12)10-8-9-10/h10-11H,2-9,12H2,1H3.